The lowest BCUT2D eigenvalue weighted by Gasteiger charge is -2.14. The maximum Gasteiger partial charge on any atom is 0.224 e. The fourth-order valence-electron chi connectivity index (χ4n) is 2.26. The smallest absolute Gasteiger partial charge is 0.224 e. The number of hydrogen-bond donors (Lipinski definition) is 3. The Balaban J connectivity index is 1.89. The molecule has 0 aliphatic rings. The van der Waals surface area contributed by atoms with Gasteiger partial charge in [-0.2, -0.15) is 0 Å². The molecule has 3 N–H and O–H groups in total. The normalized spacial score (nSPS) is 11.9. The minimum Gasteiger partial charge on any atom is -0.504 e. The third-order valence-electron chi connectivity index (χ3n) is 3.24. The predicted octanol–water partition coefficient (Wildman–Crippen LogP) is 3.04. The molecule has 0 aliphatic carbocycles. The van der Waals surface area contributed by atoms with Crippen LogP contribution in [0.2, 0.25) is 5.02 Å². The molecule has 0 radical (unpaired) electrons. The second-order valence-electron chi connectivity index (χ2n) is 5.30. The Hall–Kier alpha value is -2.20. The fourth-order valence-corrected chi connectivity index (χ4v) is 2.47. The summed E-state index contributed by atoms with van der Waals surface area (Å²) in [5.74, 6) is -0.394. The molecule has 0 bridgehead atoms. The molecule has 1 atom stereocenters. The first-order valence-electron chi connectivity index (χ1n) is 6.98. The van der Waals surface area contributed by atoms with Crippen LogP contribution in [0.1, 0.15) is 18.1 Å². The zero-order chi connectivity index (χ0) is 16.1. The molecule has 1 amide bonds. The van der Waals surface area contributed by atoms with Crippen LogP contribution in [0.5, 0.6) is 11.5 Å². The third kappa shape index (κ3) is 4.67. The number of carbonyl (C=O) groups excluding carboxylic acids is 1. The zero-order valence-corrected chi connectivity index (χ0v) is 13.0. The molecule has 5 heteroatoms. The van der Waals surface area contributed by atoms with Crippen molar-refractivity contribution in [1.29, 1.82) is 0 Å². The van der Waals surface area contributed by atoms with Crippen molar-refractivity contribution in [1.82, 2.24) is 5.32 Å². The first-order valence-corrected chi connectivity index (χ1v) is 7.36. The van der Waals surface area contributed by atoms with E-state index in [2.05, 4.69) is 5.32 Å². The number of amides is 1. The minimum atomic E-state index is -0.157. The van der Waals surface area contributed by atoms with Crippen molar-refractivity contribution in [3.63, 3.8) is 0 Å². The quantitative estimate of drug-likeness (QED) is 0.742. The molecule has 0 aliphatic heterocycles. The van der Waals surface area contributed by atoms with Gasteiger partial charge in [-0.05, 0) is 48.7 Å². The van der Waals surface area contributed by atoms with Crippen LogP contribution in [0.3, 0.4) is 0 Å². The Labute approximate surface area is 134 Å². The lowest BCUT2D eigenvalue weighted by atomic mass is 10.1. The van der Waals surface area contributed by atoms with Gasteiger partial charge in [0, 0.05) is 11.1 Å². The molecule has 22 heavy (non-hydrogen) atoms. The van der Waals surface area contributed by atoms with E-state index < -0.39 is 0 Å². The van der Waals surface area contributed by atoms with Crippen molar-refractivity contribution in [3.05, 3.63) is 58.6 Å². The van der Waals surface area contributed by atoms with Gasteiger partial charge in [-0.15, -0.1) is 0 Å². The van der Waals surface area contributed by atoms with Gasteiger partial charge in [0.15, 0.2) is 11.5 Å². The van der Waals surface area contributed by atoms with E-state index in [0.29, 0.717) is 11.4 Å². The van der Waals surface area contributed by atoms with Crippen LogP contribution < -0.4 is 5.32 Å². The Morgan fingerprint density at radius 3 is 2.59 bits per heavy atom. The number of phenols is 2. The molecule has 0 heterocycles. The Kier molecular flexibility index (Phi) is 5.28. The average Bonchev–Trinajstić information content (AvgIpc) is 2.42. The van der Waals surface area contributed by atoms with E-state index in [9.17, 15) is 15.0 Å². The third-order valence-corrected chi connectivity index (χ3v) is 3.48. The topological polar surface area (TPSA) is 69.6 Å². The summed E-state index contributed by atoms with van der Waals surface area (Å²) in [7, 11) is 0. The van der Waals surface area contributed by atoms with Gasteiger partial charge in [0.25, 0.3) is 0 Å². The summed E-state index contributed by atoms with van der Waals surface area (Å²) >= 11 is 5.89. The van der Waals surface area contributed by atoms with Gasteiger partial charge in [0.2, 0.25) is 5.91 Å². The number of hydrogen-bond acceptors (Lipinski definition) is 3. The largest absolute Gasteiger partial charge is 0.504 e. The molecule has 0 aromatic heterocycles. The number of aromatic hydroxyl groups is 2. The highest BCUT2D eigenvalue weighted by atomic mass is 35.5. The number of phenolic OH excluding ortho intramolecular Hbond substituents is 2. The Morgan fingerprint density at radius 1 is 1.14 bits per heavy atom. The second-order valence-corrected chi connectivity index (χ2v) is 5.74. The predicted molar refractivity (Wildman–Crippen MR) is 86.2 cm³/mol. The maximum atomic E-state index is 12.0. The monoisotopic (exact) mass is 319 g/mol. The van der Waals surface area contributed by atoms with Crippen molar-refractivity contribution in [2.45, 2.75) is 25.8 Å². The van der Waals surface area contributed by atoms with Crippen LogP contribution in [0.4, 0.5) is 0 Å². The molecular weight excluding hydrogens is 302 g/mol. The molecule has 2 aromatic rings. The molecule has 0 unspecified atom stereocenters. The van der Waals surface area contributed by atoms with Gasteiger partial charge in [-0.25, -0.2) is 0 Å². The molecular formula is C17H18ClNO3. The summed E-state index contributed by atoms with van der Waals surface area (Å²) in [6.45, 7) is 1.89. The number of benzene rings is 2. The molecule has 0 saturated heterocycles. The van der Waals surface area contributed by atoms with Gasteiger partial charge in [-0.3, -0.25) is 4.79 Å². The SMILES string of the molecule is C[C@@H](Cc1ccc(O)c(O)c1)NC(=O)Cc1cccc(Cl)c1. The van der Waals surface area contributed by atoms with Crippen molar-refractivity contribution in [3.8, 4) is 11.5 Å². The second kappa shape index (κ2) is 7.18. The van der Waals surface area contributed by atoms with E-state index in [-0.39, 0.29) is 29.9 Å². The Morgan fingerprint density at radius 2 is 1.91 bits per heavy atom. The van der Waals surface area contributed by atoms with Gasteiger partial charge in [0.05, 0.1) is 6.42 Å². The van der Waals surface area contributed by atoms with Gasteiger partial charge >= 0.3 is 0 Å². The summed E-state index contributed by atoms with van der Waals surface area (Å²) < 4.78 is 0. The van der Waals surface area contributed by atoms with Crippen molar-refractivity contribution in [2.75, 3.05) is 0 Å². The lowest BCUT2D eigenvalue weighted by Crippen LogP contribution is -2.35. The van der Waals surface area contributed by atoms with E-state index >= 15 is 0 Å². The lowest BCUT2D eigenvalue weighted by molar-refractivity contribution is -0.121. The van der Waals surface area contributed by atoms with Crippen LogP contribution in [0.15, 0.2) is 42.5 Å². The van der Waals surface area contributed by atoms with Gasteiger partial charge < -0.3 is 15.5 Å². The zero-order valence-electron chi connectivity index (χ0n) is 12.2. The maximum absolute atomic E-state index is 12.0. The van der Waals surface area contributed by atoms with E-state index in [1.807, 2.05) is 19.1 Å². The first kappa shape index (κ1) is 16.2. The van der Waals surface area contributed by atoms with Crippen LogP contribution in [0.25, 0.3) is 0 Å². The van der Waals surface area contributed by atoms with Gasteiger partial charge in [0.1, 0.15) is 0 Å². The molecule has 116 valence electrons. The summed E-state index contributed by atoms with van der Waals surface area (Å²) in [6.07, 6.45) is 0.834. The van der Waals surface area contributed by atoms with Crippen molar-refractivity contribution >= 4 is 17.5 Å². The summed E-state index contributed by atoms with van der Waals surface area (Å²) in [4.78, 5) is 12.0. The minimum absolute atomic E-state index is 0.0854. The molecule has 2 rings (SSSR count). The number of halogens is 1. The first-order chi connectivity index (χ1) is 10.4. The summed E-state index contributed by atoms with van der Waals surface area (Å²) in [6, 6.07) is 11.8. The van der Waals surface area contributed by atoms with E-state index in [4.69, 9.17) is 11.6 Å². The molecule has 2 aromatic carbocycles. The van der Waals surface area contributed by atoms with Crippen molar-refractivity contribution < 1.29 is 15.0 Å². The number of nitrogens with one attached hydrogen (secondary N) is 1. The highest BCUT2D eigenvalue weighted by Crippen LogP contribution is 2.25. The van der Waals surface area contributed by atoms with E-state index in [1.165, 1.54) is 12.1 Å². The van der Waals surface area contributed by atoms with E-state index in [0.717, 1.165) is 11.1 Å². The van der Waals surface area contributed by atoms with Crippen LogP contribution in [-0.4, -0.2) is 22.2 Å². The highest BCUT2D eigenvalue weighted by molar-refractivity contribution is 6.30. The van der Waals surface area contributed by atoms with Crippen LogP contribution in [0, 0.1) is 0 Å². The fraction of sp³-hybridized carbons (Fsp3) is 0.235. The average molecular weight is 320 g/mol. The molecule has 0 saturated carbocycles. The number of rotatable bonds is 5. The van der Waals surface area contributed by atoms with E-state index in [1.54, 1.807) is 18.2 Å². The van der Waals surface area contributed by atoms with Crippen LogP contribution >= 0.6 is 11.6 Å². The highest BCUT2D eigenvalue weighted by Gasteiger charge is 2.10. The number of carbonyl (C=O) groups is 1. The molecule has 4 nitrogen and oxygen atoms in total. The van der Waals surface area contributed by atoms with Crippen molar-refractivity contribution in [2.24, 2.45) is 0 Å². The molecule has 0 fully saturated rings. The summed E-state index contributed by atoms with van der Waals surface area (Å²) in [5, 5.41) is 22.3. The summed E-state index contributed by atoms with van der Waals surface area (Å²) in [5.41, 5.74) is 1.70. The standard InChI is InChI=1S/C17H18ClNO3/c1-11(7-13-5-6-15(20)16(21)9-13)19-17(22)10-12-3-2-4-14(18)8-12/h2-6,8-9,11,20-21H,7,10H2,1H3,(H,19,22)/t11-/m0/s1. The van der Waals surface area contributed by atoms with Crippen LogP contribution in [-0.2, 0) is 17.6 Å². The molecule has 0 spiro atoms. The Bertz CT molecular complexity index is 673. The van der Waals surface area contributed by atoms with Gasteiger partial charge in [-0.1, -0.05) is 29.8 Å².